The van der Waals surface area contributed by atoms with Gasteiger partial charge >= 0.3 is 0 Å². The van der Waals surface area contributed by atoms with Crippen molar-refractivity contribution < 1.29 is 14.3 Å². The van der Waals surface area contributed by atoms with Crippen LogP contribution in [0.2, 0.25) is 0 Å². The third-order valence-electron chi connectivity index (χ3n) is 4.19. The van der Waals surface area contributed by atoms with E-state index in [0.29, 0.717) is 16.6 Å². The molecule has 1 saturated heterocycles. The number of hydrogen-bond acceptors (Lipinski definition) is 4. The Hall–Kier alpha value is -2.60. The lowest BCUT2D eigenvalue weighted by Crippen LogP contribution is -2.26. The SMILES string of the molecule is COc1ccc2ccc(OC)c(/C=C3\C(=O)N(C)C(=S)N3C)c2c1. The first-order valence-corrected chi connectivity index (χ1v) is 7.81. The van der Waals surface area contributed by atoms with Gasteiger partial charge in [0.05, 0.1) is 14.2 Å². The van der Waals surface area contributed by atoms with Crippen molar-refractivity contribution in [2.45, 2.75) is 0 Å². The largest absolute Gasteiger partial charge is 0.497 e. The molecule has 0 N–H and O–H groups in total. The highest BCUT2D eigenvalue weighted by molar-refractivity contribution is 7.80. The first-order valence-electron chi connectivity index (χ1n) is 7.40. The highest BCUT2D eigenvalue weighted by Crippen LogP contribution is 2.34. The molecule has 3 rings (SSSR count). The summed E-state index contributed by atoms with van der Waals surface area (Å²) >= 11 is 5.27. The quantitative estimate of drug-likeness (QED) is 0.634. The molecule has 2 aromatic carbocycles. The van der Waals surface area contributed by atoms with Gasteiger partial charge in [-0.25, -0.2) is 0 Å². The smallest absolute Gasteiger partial charge is 0.276 e. The molecule has 1 heterocycles. The van der Waals surface area contributed by atoms with Crippen LogP contribution in [0.5, 0.6) is 11.5 Å². The van der Waals surface area contributed by atoms with Crippen LogP contribution in [0.15, 0.2) is 36.0 Å². The maximum absolute atomic E-state index is 12.5. The van der Waals surface area contributed by atoms with E-state index in [0.717, 1.165) is 22.1 Å². The van der Waals surface area contributed by atoms with Crippen LogP contribution in [-0.4, -0.2) is 49.1 Å². The molecule has 1 aliphatic heterocycles. The monoisotopic (exact) mass is 342 g/mol. The minimum Gasteiger partial charge on any atom is -0.497 e. The Bertz CT molecular complexity index is 871. The fourth-order valence-electron chi connectivity index (χ4n) is 2.78. The summed E-state index contributed by atoms with van der Waals surface area (Å²) in [4.78, 5) is 15.6. The zero-order valence-electron chi connectivity index (χ0n) is 14.0. The first kappa shape index (κ1) is 16.3. The van der Waals surface area contributed by atoms with E-state index in [-0.39, 0.29) is 5.91 Å². The maximum Gasteiger partial charge on any atom is 0.276 e. The van der Waals surface area contributed by atoms with E-state index in [2.05, 4.69) is 0 Å². The molecule has 0 bridgehead atoms. The lowest BCUT2D eigenvalue weighted by molar-refractivity contribution is -0.121. The molecular weight excluding hydrogens is 324 g/mol. The van der Waals surface area contributed by atoms with Crippen LogP contribution >= 0.6 is 12.2 Å². The maximum atomic E-state index is 12.5. The van der Waals surface area contributed by atoms with Crippen LogP contribution in [0.3, 0.4) is 0 Å². The topological polar surface area (TPSA) is 42.0 Å². The van der Waals surface area contributed by atoms with Crippen LogP contribution < -0.4 is 9.47 Å². The van der Waals surface area contributed by atoms with Gasteiger partial charge in [0.2, 0.25) is 0 Å². The van der Waals surface area contributed by atoms with E-state index in [1.807, 2.05) is 36.4 Å². The normalized spacial score (nSPS) is 16.4. The molecule has 0 unspecified atom stereocenters. The second-order valence-electron chi connectivity index (χ2n) is 5.50. The fourth-order valence-corrected chi connectivity index (χ4v) is 2.96. The minimum absolute atomic E-state index is 0.135. The summed E-state index contributed by atoms with van der Waals surface area (Å²) in [7, 11) is 6.69. The van der Waals surface area contributed by atoms with Gasteiger partial charge in [-0.05, 0) is 47.3 Å². The summed E-state index contributed by atoms with van der Waals surface area (Å²) in [5.74, 6) is 1.29. The Morgan fingerprint density at radius 3 is 2.33 bits per heavy atom. The third-order valence-corrected chi connectivity index (χ3v) is 4.74. The van der Waals surface area contributed by atoms with Crippen LogP contribution in [0.25, 0.3) is 16.8 Å². The molecule has 0 aliphatic carbocycles. The summed E-state index contributed by atoms with van der Waals surface area (Å²) in [6, 6.07) is 9.69. The molecule has 0 aromatic heterocycles. The number of ether oxygens (including phenoxy) is 2. The van der Waals surface area contributed by atoms with Crippen molar-refractivity contribution in [2.75, 3.05) is 28.3 Å². The highest BCUT2D eigenvalue weighted by Gasteiger charge is 2.33. The number of thiocarbonyl (C=S) groups is 1. The van der Waals surface area contributed by atoms with Gasteiger partial charge in [0.1, 0.15) is 17.2 Å². The molecule has 2 aromatic rings. The predicted molar refractivity (Wildman–Crippen MR) is 98.2 cm³/mol. The van der Waals surface area contributed by atoms with E-state index >= 15 is 0 Å². The molecule has 0 spiro atoms. The molecule has 5 nitrogen and oxygen atoms in total. The number of likely N-dealkylation sites (N-methyl/N-ethyl adjacent to an activating group) is 2. The molecular formula is C18H18N2O3S. The lowest BCUT2D eigenvalue weighted by Gasteiger charge is -2.13. The van der Waals surface area contributed by atoms with Gasteiger partial charge in [0.25, 0.3) is 5.91 Å². The Morgan fingerprint density at radius 1 is 1.04 bits per heavy atom. The van der Waals surface area contributed by atoms with E-state index in [9.17, 15) is 4.79 Å². The summed E-state index contributed by atoms with van der Waals surface area (Å²) in [5.41, 5.74) is 1.33. The van der Waals surface area contributed by atoms with Crippen molar-refractivity contribution in [1.29, 1.82) is 0 Å². The third kappa shape index (κ3) is 2.49. The number of fused-ring (bicyclic) bond motifs is 1. The Morgan fingerprint density at radius 2 is 1.75 bits per heavy atom. The van der Waals surface area contributed by atoms with Gasteiger partial charge in [-0.3, -0.25) is 9.69 Å². The van der Waals surface area contributed by atoms with E-state index < -0.39 is 0 Å². The second kappa shape index (κ2) is 6.13. The molecule has 1 fully saturated rings. The van der Waals surface area contributed by atoms with Crippen molar-refractivity contribution in [3.63, 3.8) is 0 Å². The van der Waals surface area contributed by atoms with Gasteiger partial charge in [-0.15, -0.1) is 0 Å². The van der Waals surface area contributed by atoms with Gasteiger partial charge < -0.3 is 14.4 Å². The molecule has 24 heavy (non-hydrogen) atoms. The zero-order valence-corrected chi connectivity index (χ0v) is 14.8. The fraction of sp³-hybridized carbons (Fsp3) is 0.222. The molecule has 124 valence electrons. The van der Waals surface area contributed by atoms with Crippen molar-refractivity contribution in [1.82, 2.24) is 9.80 Å². The highest BCUT2D eigenvalue weighted by atomic mass is 32.1. The van der Waals surface area contributed by atoms with Gasteiger partial charge in [-0.2, -0.15) is 0 Å². The number of benzene rings is 2. The zero-order chi connectivity index (χ0) is 17.4. The standard InChI is InChI=1S/C18H18N2O3S/c1-19-15(17(21)20(2)18(19)24)10-14-13-9-12(22-3)7-5-11(13)6-8-16(14)23-4/h5-10H,1-4H3/b15-10+. The number of carbonyl (C=O) groups excluding carboxylic acids is 1. The van der Waals surface area contributed by atoms with E-state index in [4.69, 9.17) is 21.7 Å². The van der Waals surface area contributed by atoms with Crippen LogP contribution in [0.4, 0.5) is 0 Å². The van der Waals surface area contributed by atoms with Gasteiger partial charge in [0, 0.05) is 19.7 Å². The van der Waals surface area contributed by atoms with E-state index in [1.54, 1.807) is 33.2 Å². The van der Waals surface area contributed by atoms with Gasteiger partial charge in [-0.1, -0.05) is 12.1 Å². The summed E-state index contributed by atoms with van der Waals surface area (Å²) in [6.07, 6.45) is 1.82. The van der Waals surface area contributed by atoms with Gasteiger partial charge in [0.15, 0.2) is 5.11 Å². The number of rotatable bonds is 3. The van der Waals surface area contributed by atoms with Crippen molar-refractivity contribution >= 4 is 40.1 Å². The Balaban J connectivity index is 2.26. The molecule has 1 amide bonds. The lowest BCUT2D eigenvalue weighted by atomic mass is 10.0. The summed E-state index contributed by atoms with van der Waals surface area (Å²) in [6.45, 7) is 0. The average molecular weight is 342 g/mol. The molecule has 0 atom stereocenters. The Kier molecular flexibility index (Phi) is 4.15. The van der Waals surface area contributed by atoms with Crippen LogP contribution in [-0.2, 0) is 4.79 Å². The van der Waals surface area contributed by atoms with Crippen molar-refractivity contribution in [3.8, 4) is 11.5 Å². The van der Waals surface area contributed by atoms with Crippen molar-refractivity contribution in [3.05, 3.63) is 41.6 Å². The number of hydrogen-bond donors (Lipinski definition) is 0. The second-order valence-corrected chi connectivity index (χ2v) is 5.87. The summed E-state index contributed by atoms with van der Waals surface area (Å²) < 4.78 is 10.8. The number of nitrogens with zero attached hydrogens (tertiary/aromatic N) is 2. The molecule has 0 saturated carbocycles. The first-order chi connectivity index (χ1) is 11.5. The average Bonchev–Trinajstić information content (AvgIpc) is 2.79. The number of carbonyl (C=O) groups is 1. The minimum atomic E-state index is -0.135. The van der Waals surface area contributed by atoms with Crippen LogP contribution in [0, 0.1) is 0 Å². The molecule has 6 heteroatoms. The molecule has 1 aliphatic rings. The summed E-state index contributed by atoms with van der Waals surface area (Å²) in [5, 5.41) is 2.46. The van der Waals surface area contributed by atoms with E-state index in [1.165, 1.54) is 4.90 Å². The molecule has 0 radical (unpaired) electrons. The number of methoxy groups -OCH3 is 2. The number of amides is 1. The van der Waals surface area contributed by atoms with Crippen molar-refractivity contribution in [2.24, 2.45) is 0 Å². The van der Waals surface area contributed by atoms with Crippen LogP contribution in [0.1, 0.15) is 5.56 Å². The predicted octanol–water partition coefficient (Wildman–Crippen LogP) is 2.89. The Labute approximate surface area is 146 Å².